The van der Waals surface area contributed by atoms with Gasteiger partial charge in [0, 0.05) is 0 Å². The Hall–Kier alpha value is -0.360. The molecule has 4 nitrogen and oxygen atoms in total. The topological polar surface area (TPSA) is 52.6 Å². The predicted molar refractivity (Wildman–Crippen MR) is 70.4 cm³/mol. The third kappa shape index (κ3) is 7.54. The summed E-state index contributed by atoms with van der Waals surface area (Å²) in [5.74, 6) is 2.50. The van der Waals surface area contributed by atoms with Gasteiger partial charge in [-0.1, -0.05) is 0 Å². The van der Waals surface area contributed by atoms with Gasteiger partial charge in [-0.3, -0.25) is 0 Å². The number of cyclic esters (lactones) is 2. The maximum atomic E-state index is 11.1. The largest absolute Gasteiger partial charge is 0.457 e. The summed E-state index contributed by atoms with van der Waals surface area (Å²) in [4.78, 5) is 22.3. The van der Waals surface area contributed by atoms with Crippen molar-refractivity contribution >= 4 is 35.5 Å². The summed E-state index contributed by atoms with van der Waals surface area (Å²) in [5, 5.41) is 0. The third-order valence-electron chi connectivity index (χ3n) is 2.08. The molecule has 0 radical (unpaired) electrons. The van der Waals surface area contributed by atoms with E-state index < -0.39 is 11.9 Å². The summed E-state index contributed by atoms with van der Waals surface area (Å²) in [6.07, 6.45) is 2.78. The van der Waals surface area contributed by atoms with Gasteiger partial charge in [0.15, 0.2) is 0 Å². The molecule has 6 heteroatoms. The number of esters is 2. The van der Waals surface area contributed by atoms with Crippen LogP contribution in [-0.2, 0) is 19.1 Å². The van der Waals surface area contributed by atoms with Crippen LogP contribution in [0.2, 0.25) is 0 Å². The molecule has 1 heterocycles. The van der Waals surface area contributed by atoms with Crippen molar-refractivity contribution in [2.45, 2.75) is 19.3 Å². The Labute approximate surface area is 110 Å². The molecule has 98 valence electrons. The number of hydrogen-bond donors (Lipinski definition) is 0. The standard InChI is InChI=1S/C11H18O4S2/c12-10-11(13)15-5-2-7-17-9-3-8-16-6-1-4-14-10/h1-9H2. The van der Waals surface area contributed by atoms with E-state index in [1.807, 2.05) is 23.5 Å². The SMILES string of the molecule is O=C1OCCCSCCCSCCCOC1=O. The van der Waals surface area contributed by atoms with Crippen LogP contribution in [0.1, 0.15) is 19.3 Å². The van der Waals surface area contributed by atoms with Crippen molar-refractivity contribution in [3.05, 3.63) is 0 Å². The van der Waals surface area contributed by atoms with Crippen LogP contribution in [0.15, 0.2) is 0 Å². The lowest BCUT2D eigenvalue weighted by atomic mass is 10.5. The third-order valence-corrected chi connectivity index (χ3v) is 4.39. The van der Waals surface area contributed by atoms with Crippen molar-refractivity contribution in [1.29, 1.82) is 0 Å². The first-order chi connectivity index (χ1) is 8.30. The lowest BCUT2D eigenvalue weighted by Crippen LogP contribution is -2.21. The maximum Gasteiger partial charge on any atom is 0.417 e. The lowest BCUT2D eigenvalue weighted by molar-refractivity contribution is -0.167. The van der Waals surface area contributed by atoms with E-state index in [1.165, 1.54) is 6.42 Å². The Bertz CT molecular complexity index is 222. The average Bonchev–Trinajstić information content (AvgIpc) is 2.34. The van der Waals surface area contributed by atoms with Crippen LogP contribution in [-0.4, -0.2) is 48.2 Å². The minimum atomic E-state index is -0.863. The highest BCUT2D eigenvalue weighted by Gasteiger charge is 2.16. The van der Waals surface area contributed by atoms with Crippen LogP contribution in [0.4, 0.5) is 0 Å². The molecule has 1 aliphatic rings. The molecule has 0 unspecified atom stereocenters. The van der Waals surface area contributed by atoms with Gasteiger partial charge in [0.1, 0.15) is 0 Å². The molecule has 0 aromatic rings. The van der Waals surface area contributed by atoms with Crippen LogP contribution in [0.3, 0.4) is 0 Å². The zero-order valence-corrected chi connectivity index (χ0v) is 11.4. The zero-order chi connectivity index (χ0) is 12.3. The fourth-order valence-corrected chi connectivity index (χ4v) is 3.17. The van der Waals surface area contributed by atoms with Gasteiger partial charge in [0.2, 0.25) is 0 Å². The van der Waals surface area contributed by atoms with Crippen LogP contribution < -0.4 is 0 Å². The van der Waals surface area contributed by atoms with Crippen molar-refractivity contribution in [3.8, 4) is 0 Å². The number of ether oxygens (including phenoxy) is 2. The molecule has 0 saturated carbocycles. The summed E-state index contributed by atoms with van der Waals surface area (Å²) in [6, 6.07) is 0. The molecular formula is C11H18O4S2. The molecular weight excluding hydrogens is 260 g/mol. The molecule has 0 aromatic carbocycles. The van der Waals surface area contributed by atoms with Crippen molar-refractivity contribution in [2.24, 2.45) is 0 Å². The van der Waals surface area contributed by atoms with Crippen LogP contribution >= 0.6 is 23.5 Å². The second-order valence-corrected chi connectivity index (χ2v) is 6.01. The number of carbonyl (C=O) groups excluding carboxylic acids is 2. The summed E-state index contributed by atoms with van der Waals surface area (Å²) in [5.41, 5.74) is 0. The Morgan fingerprint density at radius 2 is 1.12 bits per heavy atom. The minimum absolute atomic E-state index is 0.301. The van der Waals surface area contributed by atoms with E-state index in [-0.39, 0.29) is 0 Å². The first-order valence-corrected chi connectivity index (χ1v) is 8.11. The maximum absolute atomic E-state index is 11.1. The predicted octanol–water partition coefficient (Wildman–Crippen LogP) is 1.72. The van der Waals surface area contributed by atoms with E-state index in [0.29, 0.717) is 13.2 Å². The monoisotopic (exact) mass is 278 g/mol. The van der Waals surface area contributed by atoms with Crippen molar-refractivity contribution in [1.82, 2.24) is 0 Å². The second-order valence-electron chi connectivity index (χ2n) is 3.56. The zero-order valence-electron chi connectivity index (χ0n) is 9.81. The highest BCUT2D eigenvalue weighted by atomic mass is 32.2. The van der Waals surface area contributed by atoms with Crippen LogP contribution in [0.5, 0.6) is 0 Å². The summed E-state index contributed by atoms with van der Waals surface area (Å²) in [6.45, 7) is 0.603. The van der Waals surface area contributed by atoms with Crippen LogP contribution in [0.25, 0.3) is 0 Å². The van der Waals surface area contributed by atoms with E-state index in [4.69, 9.17) is 9.47 Å². The van der Waals surface area contributed by atoms with E-state index in [2.05, 4.69) is 0 Å². The molecule has 0 aliphatic carbocycles. The molecule has 1 saturated heterocycles. The summed E-state index contributed by atoms with van der Waals surface area (Å²) in [7, 11) is 0. The highest BCUT2D eigenvalue weighted by Crippen LogP contribution is 2.10. The Balaban J connectivity index is 2.26. The highest BCUT2D eigenvalue weighted by molar-refractivity contribution is 8.00. The molecule has 0 spiro atoms. The van der Waals surface area contributed by atoms with Crippen molar-refractivity contribution in [3.63, 3.8) is 0 Å². The minimum Gasteiger partial charge on any atom is -0.457 e. The summed E-state index contributed by atoms with van der Waals surface area (Å²) >= 11 is 3.73. The number of hydrogen-bond acceptors (Lipinski definition) is 6. The Morgan fingerprint density at radius 3 is 1.59 bits per heavy atom. The second kappa shape index (κ2) is 9.65. The number of carbonyl (C=O) groups is 2. The van der Waals surface area contributed by atoms with Crippen molar-refractivity contribution < 1.29 is 19.1 Å². The smallest absolute Gasteiger partial charge is 0.417 e. The number of thioether (sulfide) groups is 2. The van der Waals surface area contributed by atoms with Gasteiger partial charge >= 0.3 is 11.9 Å². The van der Waals surface area contributed by atoms with Gasteiger partial charge in [0.25, 0.3) is 0 Å². The van der Waals surface area contributed by atoms with Gasteiger partial charge in [-0.2, -0.15) is 23.5 Å². The molecule has 0 N–H and O–H groups in total. The molecule has 0 amide bonds. The van der Waals surface area contributed by atoms with E-state index in [9.17, 15) is 9.59 Å². The van der Waals surface area contributed by atoms with E-state index >= 15 is 0 Å². The summed E-state index contributed by atoms with van der Waals surface area (Å²) < 4.78 is 9.60. The Kier molecular flexibility index (Phi) is 8.34. The number of rotatable bonds is 0. The lowest BCUT2D eigenvalue weighted by Gasteiger charge is -2.04. The molecule has 1 rings (SSSR count). The van der Waals surface area contributed by atoms with Crippen LogP contribution in [0, 0.1) is 0 Å². The van der Waals surface area contributed by atoms with Gasteiger partial charge in [-0.05, 0) is 42.3 Å². The first kappa shape index (κ1) is 14.7. The molecule has 1 aliphatic heterocycles. The van der Waals surface area contributed by atoms with Gasteiger partial charge in [-0.15, -0.1) is 0 Å². The fraction of sp³-hybridized carbons (Fsp3) is 0.818. The van der Waals surface area contributed by atoms with Gasteiger partial charge in [-0.25, -0.2) is 9.59 Å². The molecule has 0 aromatic heterocycles. The van der Waals surface area contributed by atoms with Gasteiger partial charge in [0.05, 0.1) is 13.2 Å². The Morgan fingerprint density at radius 1 is 0.706 bits per heavy atom. The quantitative estimate of drug-likeness (QED) is 0.497. The molecule has 17 heavy (non-hydrogen) atoms. The molecule has 0 bridgehead atoms. The normalized spacial score (nSPS) is 21.9. The van der Waals surface area contributed by atoms with Gasteiger partial charge < -0.3 is 9.47 Å². The average molecular weight is 278 g/mol. The van der Waals surface area contributed by atoms with Crippen molar-refractivity contribution in [2.75, 3.05) is 36.2 Å². The molecule has 1 fully saturated rings. The van der Waals surface area contributed by atoms with E-state index in [1.54, 1.807) is 0 Å². The first-order valence-electron chi connectivity index (χ1n) is 5.80. The fourth-order valence-electron chi connectivity index (χ4n) is 1.24. The molecule has 0 atom stereocenters. The van der Waals surface area contributed by atoms with E-state index in [0.717, 1.165) is 35.9 Å².